The molecule has 2 heterocycles. The molecule has 0 bridgehead atoms. The zero-order valence-corrected chi connectivity index (χ0v) is 15.5. The second kappa shape index (κ2) is 6.26. The minimum Gasteiger partial charge on any atom is -0.362 e. The molecule has 0 saturated carbocycles. The number of anilines is 1. The SMILES string of the molecule is O=C1NC2(CCN(S(=O)(=O)c3cccc(Cl)c3)CC2)Nc2ccccc21. The van der Waals surface area contributed by atoms with Crippen LogP contribution >= 0.6 is 11.6 Å². The Morgan fingerprint density at radius 2 is 1.73 bits per heavy atom. The van der Waals surface area contributed by atoms with Crippen LogP contribution in [0.2, 0.25) is 5.02 Å². The Bertz CT molecular complexity index is 969. The number of halogens is 1. The Hall–Kier alpha value is -2.09. The summed E-state index contributed by atoms with van der Waals surface area (Å²) in [4.78, 5) is 12.6. The first-order valence-electron chi connectivity index (χ1n) is 8.35. The average molecular weight is 392 g/mol. The lowest BCUT2D eigenvalue weighted by Crippen LogP contribution is -2.62. The quantitative estimate of drug-likeness (QED) is 0.825. The maximum Gasteiger partial charge on any atom is 0.255 e. The number of nitrogens with one attached hydrogen (secondary N) is 2. The summed E-state index contributed by atoms with van der Waals surface area (Å²) in [7, 11) is -3.61. The number of carbonyl (C=O) groups is 1. The van der Waals surface area contributed by atoms with Crippen LogP contribution in [0.3, 0.4) is 0 Å². The van der Waals surface area contributed by atoms with E-state index in [-0.39, 0.29) is 10.8 Å². The molecule has 0 aromatic heterocycles. The number of para-hydroxylation sites is 1. The van der Waals surface area contributed by atoms with Crippen LogP contribution in [-0.4, -0.2) is 37.4 Å². The summed E-state index contributed by atoms with van der Waals surface area (Å²) in [6.45, 7) is 0.620. The fraction of sp³-hybridized carbons (Fsp3) is 0.278. The third-order valence-electron chi connectivity index (χ3n) is 4.91. The molecular formula is C18H18ClN3O3S. The molecule has 26 heavy (non-hydrogen) atoms. The molecule has 1 saturated heterocycles. The normalized spacial score (nSPS) is 19.5. The van der Waals surface area contributed by atoms with E-state index >= 15 is 0 Å². The number of carbonyl (C=O) groups excluding carboxylic acids is 1. The van der Waals surface area contributed by atoms with Gasteiger partial charge in [-0.05, 0) is 30.3 Å². The van der Waals surface area contributed by atoms with Gasteiger partial charge in [0.1, 0.15) is 5.66 Å². The molecule has 1 fully saturated rings. The maximum absolute atomic E-state index is 12.8. The summed E-state index contributed by atoms with van der Waals surface area (Å²) in [6.07, 6.45) is 0.958. The van der Waals surface area contributed by atoms with Gasteiger partial charge in [0.2, 0.25) is 10.0 Å². The van der Waals surface area contributed by atoms with E-state index < -0.39 is 15.7 Å². The average Bonchev–Trinajstić information content (AvgIpc) is 2.62. The van der Waals surface area contributed by atoms with E-state index in [1.54, 1.807) is 24.3 Å². The standard InChI is InChI=1S/C18H18ClN3O3S/c19-13-4-3-5-14(12-13)26(24,25)22-10-8-18(9-11-22)20-16-7-2-1-6-15(16)17(23)21-18/h1-7,12,20H,8-11H2,(H,21,23). The molecule has 2 aromatic carbocycles. The number of rotatable bonds is 2. The highest BCUT2D eigenvalue weighted by Gasteiger charge is 2.42. The first-order chi connectivity index (χ1) is 12.4. The number of nitrogens with zero attached hydrogens (tertiary/aromatic N) is 1. The second-order valence-electron chi connectivity index (χ2n) is 6.57. The van der Waals surface area contributed by atoms with Crippen molar-refractivity contribution in [2.45, 2.75) is 23.4 Å². The molecule has 2 aliphatic heterocycles. The Morgan fingerprint density at radius 1 is 1.00 bits per heavy atom. The van der Waals surface area contributed by atoms with Crippen molar-refractivity contribution in [3.8, 4) is 0 Å². The molecule has 2 aliphatic rings. The van der Waals surface area contributed by atoms with Crippen molar-refractivity contribution < 1.29 is 13.2 Å². The van der Waals surface area contributed by atoms with Gasteiger partial charge in [0, 0.05) is 36.6 Å². The second-order valence-corrected chi connectivity index (χ2v) is 8.94. The summed E-state index contributed by atoms with van der Waals surface area (Å²) in [5.41, 5.74) is 0.765. The molecule has 0 radical (unpaired) electrons. The molecule has 0 aliphatic carbocycles. The van der Waals surface area contributed by atoms with Gasteiger partial charge < -0.3 is 10.6 Å². The molecule has 1 amide bonds. The minimum atomic E-state index is -3.61. The number of benzene rings is 2. The van der Waals surface area contributed by atoms with E-state index in [0.717, 1.165) is 5.69 Å². The topological polar surface area (TPSA) is 78.5 Å². The summed E-state index contributed by atoms with van der Waals surface area (Å²) >= 11 is 5.93. The van der Waals surface area contributed by atoms with Crippen LogP contribution in [-0.2, 0) is 10.0 Å². The fourth-order valence-electron chi connectivity index (χ4n) is 3.50. The number of piperidine rings is 1. The summed E-state index contributed by atoms with van der Waals surface area (Å²) < 4.78 is 27.1. The van der Waals surface area contributed by atoms with Gasteiger partial charge in [-0.25, -0.2) is 8.42 Å². The molecular weight excluding hydrogens is 374 g/mol. The van der Waals surface area contributed by atoms with Gasteiger partial charge in [-0.3, -0.25) is 4.79 Å². The van der Waals surface area contributed by atoms with E-state index in [1.807, 2.05) is 18.2 Å². The molecule has 4 rings (SSSR count). The van der Waals surface area contributed by atoms with Crippen molar-refractivity contribution in [3.05, 3.63) is 59.1 Å². The van der Waals surface area contributed by atoms with E-state index in [4.69, 9.17) is 11.6 Å². The molecule has 6 nitrogen and oxygen atoms in total. The predicted molar refractivity (Wildman–Crippen MR) is 99.7 cm³/mol. The Labute approximate surface area is 157 Å². The molecule has 0 atom stereocenters. The van der Waals surface area contributed by atoms with Crippen LogP contribution in [0.15, 0.2) is 53.4 Å². The number of amides is 1. The van der Waals surface area contributed by atoms with Crippen LogP contribution in [0, 0.1) is 0 Å². The predicted octanol–water partition coefficient (Wildman–Crippen LogP) is 2.68. The smallest absolute Gasteiger partial charge is 0.255 e. The van der Waals surface area contributed by atoms with Gasteiger partial charge in [-0.15, -0.1) is 0 Å². The van der Waals surface area contributed by atoms with Crippen molar-refractivity contribution in [3.63, 3.8) is 0 Å². The van der Waals surface area contributed by atoms with Gasteiger partial charge in [0.15, 0.2) is 0 Å². The third-order valence-corrected chi connectivity index (χ3v) is 7.04. The number of sulfonamides is 1. The Balaban J connectivity index is 1.54. The van der Waals surface area contributed by atoms with Crippen molar-refractivity contribution in [1.82, 2.24) is 9.62 Å². The highest BCUT2D eigenvalue weighted by Crippen LogP contribution is 2.33. The van der Waals surface area contributed by atoms with Gasteiger partial charge in [-0.1, -0.05) is 29.8 Å². The van der Waals surface area contributed by atoms with E-state index in [9.17, 15) is 13.2 Å². The molecule has 1 spiro atoms. The van der Waals surface area contributed by atoms with Crippen LogP contribution in [0.4, 0.5) is 5.69 Å². The van der Waals surface area contributed by atoms with E-state index in [1.165, 1.54) is 10.4 Å². The van der Waals surface area contributed by atoms with Crippen molar-refractivity contribution in [2.75, 3.05) is 18.4 Å². The van der Waals surface area contributed by atoms with Gasteiger partial charge in [0.05, 0.1) is 10.5 Å². The number of hydrogen-bond donors (Lipinski definition) is 2. The molecule has 0 unspecified atom stereocenters. The maximum atomic E-state index is 12.8. The van der Waals surface area contributed by atoms with Crippen molar-refractivity contribution in [2.24, 2.45) is 0 Å². The lowest BCUT2D eigenvalue weighted by atomic mass is 9.93. The molecule has 8 heteroatoms. The molecule has 2 aromatic rings. The first-order valence-corrected chi connectivity index (χ1v) is 10.2. The summed E-state index contributed by atoms with van der Waals surface area (Å²) in [5.74, 6) is -0.134. The lowest BCUT2D eigenvalue weighted by molar-refractivity contribution is 0.0865. The third kappa shape index (κ3) is 2.96. The zero-order chi connectivity index (χ0) is 18.4. The largest absolute Gasteiger partial charge is 0.362 e. The highest BCUT2D eigenvalue weighted by atomic mass is 35.5. The van der Waals surface area contributed by atoms with Crippen molar-refractivity contribution in [1.29, 1.82) is 0 Å². The first kappa shape index (κ1) is 17.3. The zero-order valence-electron chi connectivity index (χ0n) is 13.9. The number of fused-ring (bicyclic) bond motifs is 1. The summed E-state index contributed by atoms with van der Waals surface area (Å²) in [6, 6.07) is 13.6. The fourth-order valence-corrected chi connectivity index (χ4v) is 5.24. The van der Waals surface area contributed by atoms with Gasteiger partial charge in [0.25, 0.3) is 5.91 Å². The van der Waals surface area contributed by atoms with Gasteiger partial charge >= 0.3 is 0 Å². The Morgan fingerprint density at radius 3 is 2.46 bits per heavy atom. The van der Waals surface area contributed by atoms with Crippen LogP contribution in [0.1, 0.15) is 23.2 Å². The highest BCUT2D eigenvalue weighted by molar-refractivity contribution is 7.89. The minimum absolute atomic E-state index is 0.134. The van der Waals surface area contributed by atoms with Crippen molar-refractivity contribution >= 4 is 33.2 Å². The van der Waals surface area contributed by atoms with Crippen LogP contribution in [0.5, 0.6) is 0 Å². The van der Waals surface area contributed by atoms with E-state index in [2.05, 4.69) is 10.6 Å². The Kier molecular flexibility index (Phi) is 4.17. The molecule has 136 valence electrons. The summed E-state index contributed by atoms with van der Waals surface area (Å²) in [5, 5.41) is 6.79. The van der Waals surface area contributed by atoms with E-state index in [0.29, 0.717) is 36.5 Å². The number of hydrogen-bond acceptors (Lipinski definition) is 4. The lowest BCUT2D eigenvalue weighted by Gasteiger charge is -2.45. The van der Waals surface area contributed by atoms with Crippen LogP contribution in [0.25, 0.3) is 0 Å². The van der Waals surface area contributed by atoms with Gasteiger partial charge in [-0.2, -0.15) is 4.31 Å². The monoisotopic (exact) mass is 391 g/mol. The van der Waals surface area contributed by atoms with Crippen LogP contribution < -0.4 is 10.6 Å². The molecule has 2 N–H and O–H groups in total.